The van der Waals surface area contributed by atoms with Gasteiger partial charge in [0, 0.05) is 31.1 Å². The Bertz CT molecular complexity index is 1440. The lowest BCUT2D eigenvalue weighted by atomic mass is 10.0. The number of halogens is 1. The topological polar surface area (TPSA) is 96.0 Å². The molecule has 3 aromatic rings. The SMILES string of the molecule is CCOC(=O)c1c(NC(=O)C2CCCN2S(=O)(=O)c2ccc(Cl)s2)sc2c1CCN(Cc1ccccc1)C2. The number of amides is 1. The van der Waals surface area contributed by atoms with Gasteiger partial charge in [0.25, 0.3) is 10.0 Å². The number of thiophene rings is 2. The van der Waals surface area contributed by atoms with Crippen molar-refractivity contribution in [2.24, 2.45) is 0 Å². The van der Waals surface area contributed by atoms with Crippen molar-refractivity contribution in [1.82, 2.24) is 9.21 Å². The highest BCUT2D eigenvalue weighted by Crippen LogP contribution is 2.39. The molecule has 1 aromatic carbocycles. The van der Waals surface area contributed by atoms with Crippen molar-refractivity contribution in [3.63, 3.8) is 0 Å². The molecule has 1 atom stereocenters. The fourth-order valence-electron chi connectivity index (χ4n) is 4.98. The first-order valence-electron chi connectivity index (χ1n) is 12.4. The van der Waals surface area contributed by atoms with Crippen molar-refractivity contribution < 1.29 is 22.7 Å². The van der Waals surface area contributed by atoms with Crippen LogP contribution in [0.15, 0.2) is 46.7 Å². The molecule has 0 bridgehead atoms. The summed E-state index contributed by atoms with van der Waals surface area (Å²) in [4.78, 5) is 29.8. The van der Waals surface area contributed by atoms with E-state index in [1.54, 1.807) is 6.92 Å². The van der Waals surface area contributed by atoms with E-state index >= 15 is 0 Å². The van der Waals surface area contributed by atoms with Crippen molar-refractivity contribution in [3.8, 4) is 0 Å². The first kappa shape index (κ1) is 27.3. The maximum absolute atomic E-state index is 13.5. The fraction of sp³-hybridized carbons (Fsp3) is 0.385. The van der Waals surface area contributed by atoms with E-state index in [0.29, 0.717) is 40.7 Å². The Morgan fingerprint density at radius 3 is 2.63 bits per heavy atom. The summed E-state index contributed by atoms with van der Waals surface area (Å²) in [5, 5.41) is 3.32. The second-order valence-corrected chi connectivity index (χ2v) is 14.1. The van der Waals surface area contributed by atoms with Crippen LogP contribution in [-0.2, 0) is 39.1 Å². The lowest BCUT2D eigenvalue weighted by molar-refractivity contribution is -0.119. The van der Waals surface area contributed by atoms with Crippen molar-refractivity contribution in [1.29, 1.82) is 0 Å². The lowest BCUT2D eigenvalue weighted by Gasteiger charge is -2.27. The summed E-state index contributed by atoms with van der Waals surface area (Å²) in [6.45, 7) is 4.42. The number of hydrogen-bond donors (Lipinski definition) is 1. The number of rotatable bonds is 8. The van der Waals surface area contributed by atoms with Crippen LogP contribution in [-0.4, -0.2) is 55.2 Å². The molecule has 0 spiro atoms. The van der Waals surface area contributed by atoms with Gasteiger partial charge < -0.3 is 10.1 Å². The average Bonchev–Trinajstić information content (AvgIpc) is 3.63. The van der Waals surface area contributed by atoms with Gasteiger partial charge in [0.15, 0.2) is 0 Å². The van der Waals surface area contributed by atoms with E-state index in [2.05, 4.69) is 22.3 Å². The summed E-state index contributed by atoms with van der Waals surface area (Å²) in [7, 11) is -3.87. The van der Waals surface area contributed by atoms with Gasteiger partial charge >= 0.3 is 5.97 Å². The van der Waals surface area contributed by atoms with Crippen LogP contribution in [0, 0.1) is 0 Å². The van der Waals surface area contributed by atoms with Crippen LogP contribution in [0.1, 0.15) is 46.1 Å². The largest absolute Gasteiger partial charge is 0.462 e. The maximum atomic E-state index is 13.5. The zero-order valence-corrected chi connectivity index (χ0v) is 24.0. The minimum absolute atomic E-state index is 0.111. The standard InChI is InChI=1S/C26H28ClN3O5S3/c1-2-35-26(32)23-18-12-14-29(15-17-7-4-3-5-8-17)16-20(18)36-25(23)28-24(31)19-9-6-13-30(19)38(33,34)22-11-10-21(27)37-22/h3-5,7-8,10-11,19H,2,6,9,12-16H2,1H3,(H,28,31). The highest BCUT2D eigenvalue weighted by molar-refractivity contribution is 7.91. The van der Waals surface area contributed by atoms with Gasteiger partial charge in [-0.25, -0.2) is 13.2 Å². The molecule has 0 radical (unpaired) electrons. The number of anilines is 1. The van der Waals surface area contributed by atoms with E-state index in [1.165, 1.54) is 33.3 Å². The number of hydrogen-bond acceptors (Lipinski definition) is 8. The fourth-order valence-corrected chi connectivity index (χ4v) is 9.53. The number of benzene rings is 1. The van der Waals surface area contributed by atoms with Gasteiger partial charge in [0.05, 0.1) is 16.5 Å². The van der Waals surface area contributed by atoms with Crippen molar-refractivity contribution in [2.75, 3.05) is 25.0 Å². The summed E-state index contributed by atoms with van der Waals surface area (Å²) >= 11 is 8.31. The zero-order chi connectivity index (χ0) is 26.9. The molecule has 2 aromatic heterocycles. The van der Waals surface area contributed by atoms with E-state index in [4.69, 9.17) is 16.3 Å². The number of sulfonamides is 1. The molecule has 12 heteroatoms. The van der Waals surface area contributed by atoms with Crippen LogP contribution < -0.4 is 5.32 Å². The molecular formula is C26H28ClN3O5S3. The van der Waals surface area contributed by atoms with E-state index < -0.39 is 27.9 Å². The molecule has 0 saturated carbocycles. The third-order valence-corrected chi connectivity index (χ3v) is 11.5. The molecule has 2 aliphatic heterocycles. The third-order valence-electron chi connectivity index (χ3n) is 6.72. The van der Waals surface area contributed by atoms with Crippen molar-refractivity contribution >= 4 is 61.2 Å². The Labute approximate surface area is 235 Å². The predicted molar refractivity (Wildman–Crippen MR) is 149 cm³/mol. The van der Waals surface area contributed by atoms with E-state index in [1.807, 2.05) is 18.2 Å². The van der Waals surface area contributed by atoms with E-state index in [0.717, 1.165) is 34.9 Å². The summed E-state index contributed by atoms with van der Waals surface area (Å²) in [6.07, 6.45) is 1.62. The molecule has 2 aliphatic rings. The van der Waals surface area contributed by atoms with Crippen LogP contribution >= 0.6 is 34.3 Å². The second-order valence-electron chi connectivity index (χ2n) is 9.20. The lowest BCUT2D eigenvalue weighted by Crippen LogP contribution is -2.42. The summed E-state index contributed by atoms with van der Waals surface area (Å²) < 4.78 is 33.5. The van der Waals surface area contributed by atoms with E-state index in [-0.39, 0.29) is 17.4 Å². The zero-order valence-electron chi connectivity index (χ0n) is 20.8. The van der Waals surface area contributed by atoms with Crippen LogP contribution in [0.3, 0.4) is 0 Å². The Morgan fingerprint density at radius 1 is 1.13 bits per heavy atom. The maximum Gasteiger partial charge on any atom is 0.341 e. The number of carbonyl (C=O) groups excluding carboxylic acids is 2. The molecule has 1 amide bonds. The second kappa shape index (κ2) is 11.4. The van der Waals surface area contributed by atoms with Crippen LogP contribution in [0.2, 0.25) is 4.34 Å². The quantitative estimate of drug-likeness (QED) is 0.370. The Kier molecular flexibility index (Phi) is 8.22. The number of esters is 1. The smallest absolute Gasteiger partial charge is 0.341 e. The van der Waals surface area contributed by atoms with Gasteiger partial charge in [-0.05, 0) is 49.4 Å². The normalized spacial score (nSPS) is 18.3. The molecule has 8 nitrogen and oxygen atoms in total. The van der Waals surface area contributed by atoms with Gasteiger partial charge in [-0.2, -0.15) is 4.31 Å². The van der Waals surface area contributed by atoms with Gasteiger partial charge in [-0.1, -0.05) is 41.9 Å². The first-order chi connectivity index (χ1) is 18.3. The van der Waals surface area contributed by atoms with Gasteiger partial charge in [-0.15, -0.1) is 22.7 Å². The van der Waals surface area contributed by atoms with Crippen LogP contribution in [0.25, 0.3) is 0 Å². The monoisotopic (exact) mass is 593 g/mol. The van der Waals surface area contributed by atoms with Gasteiger partial charge in [0.1, 0.15) is 15.3 Å². The number of fused-ring (bicyclic) bond motifs is 1. The van der Waals surface area contributed by atoms with Crippen LogP contribution in [0.4, 0.5) is 5.00 Å². The Balaban J connectivity index is 1.39. The van der Waals surface area contributed by atoms with Gasteiger partial charge in [0.2, 0.25) is 5.91 Å². The molecule has 1 unspecified atom stereocenters. The highest BCUT2D eigenvalue weighted by Gasteiger charge is 2.41. The molecule has 4 heterocycles. The number of nitrogens with one attached hydrogen (secondary N) is 1. The third kappa shape index (κ3) is 5.54. The minimum Gasteiger partial charge on any atom is -0.462 e. The molecule has 1 N–H and O–H groups in total. The molecular weight excluding hydrogens is 566 g/mol. The molecule has 1 fully saturated rings. The van der Waals surface area contributed by atoms with E-state index in [9.17, 15) is 18.0 Å². The van der Waals surface area contributed by atoms with Crippen LogP contribution in [0.5, 0.6) is 0 Å². The minimum atomic E-state index is -3.87. The summed E-state index contributed by atoms with van der Waals surface area (Å²) in [5.41, 5.74) is 2.50. The van der Waals surface area contributed by atoms with Crippen molar-refractivity contribution in [3.05, 3.63) is 68.4 Å². The molecule has 38 heavy (non-hydrogen) atoms. The molecule has 0 aliphatic carbocycles. The number of ether oxygens (including phenoxy) is 1. The summed E-state index contributed by atoms with van der Waals surface area (Å²) in [6, 6.07) is 12.3. The predicted octanol–water partition coefficient (Wildman–Crippen LogP) is 4.99. The Morgan fingerprint density at radius 2 is 1.92 bits per heavy atom. The van der Waals surface area contributed by atoms with Crippen molar-refractivity contribution in [2.45, 2.75) is 49.5 Å². The first-order valence-corrected chi connectivity index (χ1v) is 15.9. The summed E-state index contributed by atoms with van der Waals surface area (Å²) in [5.74, 6) is -0.917. The average molecular weight is 594 g/mol. The Hall–Kier alpha value is -2.28. The molecule has 5 rings (SSSR count). The highest BCUT2D eigenvalue weighted by atomic mass is 35.5. The molecule has 202 valence electrons. The molecule has 1 saturated heterocycles. The van der Waals surface area contributed by atoms with Gasteiger partial charge in [-0.3, -0.25) is 9.69 Å². The number of nitrogens with zero attached hydrogens (tertiary/aromatic N) is 2. The number of carbonyl (C=O) groups is 2.